The molecular weight excluding hydrogens is 172 g/mol. The van der Waals surface area contributed by atoms with Crippen LogP contribution in [-0.4, -0.2) is 0 Å². The van der Waals surface area contributed by atoms with E-state index in [0.29, 0.717) is 11.8 Å². The first-order valence-electron chi connectivity index (χ1n) is 5.41. The van der Waals surface area contributed by atoms with E-state index in [1.54, 1.807) is 0 Å². The third-order valence-electron chi connectivity index (χ3n) is 2.88. The third-order valence-corrected chi connectivity index (χ3v) is 2.88. The highest BCUT2D eigenvalue weighted by molar-refractivity contribution is 5.60. The van der Waals surface area contributed by atoms with Gasteiger partial charge < -0.3 is 4.42 Å². The highest BCUT2D eigenvalue weighted by Gasteiger charge is 2.20. The van der Waals surface area contributed by atoms with Crippen molar-refractivity contribution in [2.24, 2.45) is 5.92 Å². The smallest absolute Gasteiger partial charge is 0.130 e. The van der Waals surface area contributed by atoms with E-state index >= 15 is 0 Å². The summed E-state index contributed by atoms with van der Waals surface area (Å²) in [6.07, 6.45) is 3.30. The Kier molecular flexibility index (Phi) is 2.26. The summed E-state index contributed by atoms with van der Waals surface area (Å²) in [5.41, 5.74) is 2.87. The molecule has 1 heterocycles. The second kappa shape index (κ2) is 3.30. The molecule has 0 aromatic carbocycles. The average Bonchev–Trinajstić information content (AvgIpc) is 2.57. The highest BCUT2D eigenvalue weighted by atomic mass is 16.3. The van der Waals surface area contributed by atoms with E-state index in [2.05, 4.69) is 39.8 Å². The molecule has 0 radical (unpaired) electrons. The van der Waals surface area contributed by atoms with Gasteiger partial charge in [0.05, 0.1) is 0 Å². The van der Waals surface area contributed by atoms with Crippen LogP contribution >= 0.6 is 0 Å². The predicted molar refractivity (Wildman–Crippen MR) is 59.3 cm³/mol. The highest BCUT2D eigenvalue weighted by Crippen LogP contribution is 2.33. The standard InChI is InChI=1S/C13H18O/c1-8(2)10-5-11-7-12(9(3)4)14-13(11)6-10/h6-9H,5H2,1-4H3. The number of allylic oxidation sites excluding steroid dienone is 1. The number of hydrogen-bond donors (Lipinski definition) is 0. The molecule has 0 fully saturated rings. The van der Waals surface area contributed by atoms with Gasteiger partial charge in [0.2, 0.25) is 0 Å². The van der Waals surface area contributed by atoms with Crippen molar-refractivity contribution >= 4 is 6.08 Å². The second-order valence-electron chi connectivity index (χ2n) is 4.74. The van der Waals surface area contributed by atoms with Crippen LogP contribution in [0.5, 0.6) is 0 Å². The predicted octanol–water partition coefficient (Wildman–Crippen LogP) is 4.00. The van der Waals surface area contributed by atoms with E-state index in [-0.39, 0.29) is 0 Å². The molecule has 1 nitrogen and oxygen atoms in total. The molecule has 1 aliphatic rings. The monoisotopic (exact) mass is 190 g/mol. The Bertz CT molecular complexity index is 367. The van der Waals surface area contributed by atoms with Gasteiger partial charge >= 0.3 is 0 Å². The van der Waals surface area contributed by atoms with Crippen LogP contribution < -0.4 is 0 Å². The summed E-state index contributed by atoms with van der Waals surface area (Å²) in [6, 6.07) is 2.21. The van der Waals surface area contributed by atoms with Gasteiger partial charge in [0, 0.05) is 11.5 Å². The molecule has 1 heteroatoms. The first-order chi connectivity index (χ1) is 6.58. The van der Waals surface area contributed by atoms with Gasteiger partial charge in [-0.3, -0.25) is 0 Å². The van der Waals surface area contributed by atoms with Crippen molar-refractivity contribution in [2.45, 2.75) is 40.0 Å². The third kappa shape index (κ3) is 1.52. The van der Waals surface area contributed by atoms with E-state index in [1.165, 1.54) is 11.1 Å². The Morgan fingerprint density at radius 1 is 1.14 bits per heavy atom. The molecule has 1 aromatic rings. The molecule has 0 unspecified atom stereocenters. The molecule has 2 rings (SSSR count). The van der Waals surface area contributed by atoms with Crippen molar-refractivity contribution in [1.82, 2.24) is 0 Å². The van der Waals surface area contributed by atoms with Crippen LogP contribution in [0.4, 0.5) is 0 Å². The van der Waals surface area contributed by atoms with Gasteiger partial charge in [-0.1, -0.05) is 33.3 Å². The van der Waals surface area contributed by atoms with Crippen molar-refractivity contribution in [3.8, 4) is 0 Å². The van der Waals surface area contributed by atoms with Crippen LogP contribution in [0.1, 0.15) is 50.7 Å². The van der Waals surface area contributed by atoms with Gasteiger partial charge in [-0.05, 0) is 24.5 Å². The SMILES string of the molecule is CC(C)C1=Cc2oc(C(C)C)cc2C1. The molecule has 0 aliphatic heterocycles. The summed E-state index contributed by atoms with van der Waals surface area (Å²) in [5, 5.41) is 0. The fraction of sp³-hybridized carbons (Fsp3) is 0.538. The summed E-state index contributed by atoms with van der Waals surface area (Å²) < 4.78 is 5.79. The van der Waals surface area contributed by atoms with Gasteiger partial charge in [0.25, 0.3) is 0 Å². The van der Waals surface area contributed by atoms with Gasteiger partial charge in [0.15, 0.2) is 0 Å². The normalized spacial score (nSPS) is 15.1. The van der Waals surface area contributed by atoms with Crippen LogP contribution in [0.25, 0.3) is 6.08 Å². The summed E-state index contributed by atoms with van der Waals surface area (Å²) in [5.74, 6) is 3.35. The van der Waals surface area contributed by atoms with Crippen molar-refractivity contribution in [2.75, 3.05) is 0 Å². The van der Waals surface area contributed by atoms with Gasteiger partial charge in [-0.2, -0.15) is 0 Å². The Labute approximate surface area is 85.8 Å². The molecule has 0 amide bonds. The number of rotatable bonds is 2. The van der Waals surface area contributed by atoms with Crippen molar-refractivity contribution < 1.29 is 4.42 Å². The van der Waals surface area contributed by atoms with Crippen LogP contribution in [0, 0.1) is 5.92 Å². The quantitative estimate of drug-likeness (QED) is 0.687. The Morgan fingerprint density at radius 3 is 2.36 bits per heavy atom. The molecular formula is C13H18O. The zero-order chi connectivity index (χ0) is 10.3. The minimum atomic E-state index is 0.497. The van der Waals surface area contributed by atoms with E-state index < -0.39 is 0 Å². The molecule has 0 saturated heterocycles. The summed E-state index contributed by atoms with van der Waals surface area (Å²) in [7, 11) is 0. The molecule has 1 aromatic heterocycles. The fourth-order valence-electron chi connectivity index (χ4n) is 1.82. The van der Waals surface area contributed by atoms with E-state index in [9.17, 15) is 0 Å². The molecule has 1 aliphatic carbocycles. The lowest BCUT2D eigenvalue weighted by atomic mass is 10.0. The fourth-order valence-corrected chi connectivity index (χ4v) is 1.82. The van der Waals surface area contributed by atoms with Gasteiger partial charge in [-0.15, -0.1) is 0 Å². The summed E-state index contributed by atoms with van der Waals surface area (Å²) >= 11 is 0. The van der Waals surface area contributed by atoms with E-state index in [4.69, 9.17) is 4.42 Å². The first kappa shape index (κ1) is 9.57. The minimum Gasteiger partial charge on any atom is -0.461 e. The van der Waals surface area contributed by atoms with Gasteiger partial charge in [-0.25, -0.2) is 0 Å². The maximum atomic E-state index is 5.79. The Morgan fingerprint density at radius 2 is 1.86 bits per heavy atom. The molecule has 14 heavy (non-hydrogen) atoms. The lowest BCUT2D eigenvalue weighted by molar-refractivity contribution is 0.479. The van der Waals surface area contributed by atoms with Crippen molar-refractivity contribution in [3.05, 3.63) is 28.7 Å². The number of hydrogen-bond acceptors (Lipinski definition) is 1. The van der Waals surface area contributed by atoms with Gasteiger partial charge in [0.1, 0.15) is 11.5 Å². The molecule has 76 valence electrons. The molecule has 0 bridgehead atoms. The Hall–Kier alpha value is -0.980. The zero-order valence-electron chi connectivity index (χ0n) is 9.42. The average molecular weight is 190 g/mol. The molecule has 0 spiro atoms. The zero-order valence-corrected chi connectivity index (χ0v) is 9.42. The number of furan rings is 1. The lowest BCUT2D eigenvalue weighted by Gasteiger charge is -2.04. The topological polar surface area (TPSA) is 13.1 Å². The maximum Gasteiger partial charge on any atom is 0.130 e. The maximum absolute atomic E-state index is 5.79. The largest absolute Gasteiger partial charge is 0.461 e. The van der Waals surface area contributed by atoms with Crippen LogP contribution in [0.15, 0.2) is 16.1 Å². The molecule has 0 N–H and O–H groups in total. The van der Waals surface area contributed by atoms with Crippen LogP contribution in [0.2, 0.25) is 0 Å². The molecule has 0 atom stereocenters. The molecule has 0 saturated carbocycles. The Balaban J connectivity index is 2.28. The van der Waals surface area contributed by atoms with Crippen LogP contribution in [-0.2, 0) is 6.42 Å². The van der Waals surface area contributed by atoms with Crippen LogP contribution in [0.3, 0.4) is 0 Å². The van der Waals surface area contributed by atoms with E-state index in [0.717, 1.165) is 17.9 Å². The van der Waals surface area contributed by atoms with E-state index in [1.807, 2.05) is 0 Å². The minimum absolute atomic E-state index is 0.497. The summed E-state index contributed by atoms with van der Waals surface area (Å²) in [4.78, 5) is 0. The lowest BCUT2D eigenvalue weighted by Crippen LogP contribution is -1.93. The van der Waals surface area contributed by atoms with Crippen molar-refractivity contribution in [1.29, 1.82) is 0 Å². The number of fused-ring (bicyclic) bond motifs is 1. The summed E-state index contributed by atoms with van der Waals surface area (Å²) in [6.45, 7) is 8.81. The first-order valence-corrected chi connectivity index (χ1v) is 5.41. The second-order valence-corrected chi connectivity index (χ2v) is 4.74. The van der Waals surface area contributed by atoms with Crippen molar-refractivity contribution in [3.63, 3.8) is 0 Å².